The molecule has 0 aliphatic heterocycles. The zero-order valence-corrected chi connectivity index (χ0v) is 7.86. The smallest absolute Gasteiger partial charge is 0.151 e. The van der Waals surface area contributed by atoms with Crippen LogP contribution in [0.15, 0.2) is 12.3 Å². The van der Waals surface area contributed by atoms with Gasteiger partial charge in [0.15, 0.2) is 5.15 Å². The monoisotopic (exact) mass is 198 g/mol. The van der Waals surface area contributed by atoms with Crippen LogP contribution in [0.1, 0.15) is 5.56 Å². The summed E-state index contributed by atoms with van der Waals surface area (Å²) in [7, 11) is 0. The summed E-state index contributed by atoms with van der Waals surface area (Å²) in [6.45, 7) is 0. The average molecular weight is 199 g/mol. The summed E-state index contributed by atoms with van der Waals surface area (Å²) in [5.74, 6) is 6.14. The molecule has 0 aliphatic rings. The summed E-state index contributed by atoms with van der Waals surface area (Å²) in [6, 6.07) is 1.69. The van der Waals surface area contributed by atoms with Gasteiger partial charge in [-0.25, -0.2) is 4.98 Å². The standard InChI is InChI=1S/C8H7ClN2S/c9-8-7(10)4-6(5-11-8)2-1-3-12/h4-5,12H,3,10H2. The number of halogens is 1. The van der Waals surface area contributed by atoms with Gasteiger partial charge < -0.3 is 5.73 Å². The Labute approximate surface area is 81.5 Å². The highest BCUT2D eigenvalue weighted by molar-refractivity contribution is 7.80. The van der Waals surface area contributed by atoms with Gasteiger partial charge in [0.1, 0.15) is 0 Å². The van der Waals surface area contributed by atoms with Gasteiger partial charge in [0, 0.05) is 11.8 Å². The van der Waals surface area contributed by atoms with Crippen LogP contribution in [0, 0.1) is 11.8 Å². The summed E-state index contributed by atoms with van der Waals surface area (Å²) in [5.41, 5.74) is 6.71. The molecule has 0 amide bonds. The highest BCUT2D eigenvalue weighted by Gasteiger charge is 1.96. The van der Waals surface area contributed by atoms with Gasteiger partial charge in [0.05, 0.1) is 11.4 Å². The number of anilines is 1. The fraction of sp³-hybridized carbons (Fsp3) is 0.125. The maximum Gasteiger partial charge on any atom is 0.151 e. The summed E-state index contributed by atoms with van der Waals surface area (Å²) < 4.78 is 0. The molecule has 1 aromatic heterocycles. The number of thiol groups is 1. The van der Waals surface area contributed by atoms with Crippen molar-refractivity contribution in [1.29, 1.82) is 0 Å². The molecule has 12 heavy (non-hydrogen) atoms. The van der Waals surface area contributed by atoms with E-state index in [-0.39, 0.29) is 0 Å². The van der Waals surface area contributed by atoms with Crippen LogP contribution in [0.2, 0.25) is 5.15 Å². The Morgan fingerprint density at radius 2 is 2.42 bits per heavy atom. The summed E-state index contributed by atoms with van der Waals surface area (Å²) in [5, 5.41) is 0.312. The normalized spacial score (nSPS) is 8.83. The Balaban J connectivity index is 2.97. The number of aromatic nitrogens is 1. The van der Waals surface area contributed by atoms with Crippen molar-refractivity contribution in [3.63, 3.8) is 0 Å². The number of nitrogen functional groups attached to an aromatic ring is 1. The molecule has 1 aromatic rings. The molecule has 1 rings (SSSR count). The number of hydrogen-bond donors (Lipinski definition) is 2. The quantitative estimate of drug-likeness (QED) is 0.378. The lowest BCUT2D eigenvalue weighted by molar-refractivity contribution is 1.32. The second-order valence-electron chi connectivity index (χ2n) is 2.06. The topological polar surface area (TPSA) is 38.9 Å². The maximum absolute atomic E-state index is 5.62. The van der Waals surface area contributed by atoms with E-state index in [4.69, 9.17) is 17.3 Å². The second-order valence-corrected chi connectivity index (χ2v) is 2.74. The molecule has 0 atom stereocenters. The maximum atomic E-state index is 5.62. The number of nitrogens with two attached hydrogens (primary N) is 1. The number of pyridine rings is 1. The molecule has 2 N–H and O–H groups in total. The van der Waals surface area contributed by atoms with Crippen LogP contribution in [0.5, 0.6) is 0 Å². The van der Waals surface area contributed by atoms with E-state index in [0.717, 1.165) is 5.56 Å². The van der Waals surface area contributed by atoms with Gasteiger partial charge in [0.25, 0.3) is 0 Å². The number of rotatable bonds is 0. The Kier molecular flexibility index (Phi) is 3.27. The van der Waals surface area contributed by atoms with E-state index in [1.54, 1.807) is 12.3 Å². The first-order chi connectivity index (χ1) is 5.74. The number of nitrogens with zero attached hydrogens (tertiary/aromatic N) is 1. The summed E-state index contributed by atoms with van der Waals surface area (Å²) in [4.78, 5) is 3.84. The summed E-state index contributed by atoms with van der Waals surface area (Å²) >= 11 is 9.56. The van der Waals surface area contributed by atoms with Gasteiger partial charge in [-0.3, -0.25) is 0 Å². The lowest BCUT2D eigenvalue weighted by Crippen LogP contribution is -1.90. The predicted octanol–water partition coefficient (Wildman–Crippen LogP) is 1.60. The lowest BCUT2D eigenvalue weighted by Gasteiger charge is -1.95. The molecular formula is C8H7ClN2S. The molecule has 0 fully saturated rings. The molecular weight excluding hydrogens is 192 g/mol. The van der Waals surface area contributed by atoms with E-state index in [1.807, 2.05) is 0 Å². The van der Waals surface area contributed by atoms with Crippen molar-refractivity contribution in [2.45, 2.75) is 0 Å². The third-order valence-corrected chi connectivity index (χ3v) is 1.65. The molecule has 4 heteroatoms. The third-order valence-electron chi connectivity index (χ3n) is 1.18. The highest BCUT2D eigenvalue weighted by atomic mass is 35.5. The van der Waals surface area contributed by atoms with E-state index in [2.05, 4.69) is 29.5 Å². The predicted molar refractivity (Wildman–Crippen MR) is 54.4 cm³/mol. The Bertz CT molecular complexity index is 341. The van der Waals surface area contributed by atoms with Crippen LogP contribution in [0.4, 0.5) is 5.69 Å². The van der Waals surface area contributed by atoms with Gasteiger partial charge in [-0.05, 0) is 6.07 Å². The summed E-state index contributed by atoms with van der Waals surface area (Å²) in [6.07, 6.45) is 1.58. The number of hydrogen-bond acceptors (Lipinski definition) is 3. The fourth-order valence-electron chi connectivity index (χ4n) is 0.675. The van der Waals surface area contributed by atoms with Crippen LogP contribution < -0.4 is 5.73 Å². The molecule has 0 aromatic carbocycles. The van der Waals surface area contributed by atoms with Gasteiger partial charge >= 0.3 is 0 Å². The zero-order chi connectivity index (χ0) is 8.97. The first-order valence-corrected chi connectivity index (χ1v) is 4.26. The molecule has 1 heterocycles. The molecule has 0 unspecified atom stereocenters. The van der Waals surface area contributed by atoms with Crippen molar-refractivity contribution < 1.29 is 0 Å². The van der Waals surface area contributed by atoms with Gasteiger partial charge in [0.2, 0.25) is 0 Å². The Morgan fingerprint density at radius 3 is 3.00 bits per heavy atom. The first kappa shape index (κ1) is 9.24. The van der Waals surface area contributed by atoms with Gasteiger partial charge in [-0.2, -0.15) is 12.6 Å². The van der Waals surface area contributed by atoms with Crippen LogP contribution in [-0.2, 0) is 0 Å². The lowest BCUT2D eigenvalue weighted by atomic mass is 10.3. The highest BCUT2D eigenvalue weighted by Crippen LogP contribution is 2.15. The van der Waals surface area contributed by atoms with Crippen LogP contribution in [0.25, 0.3) is 0 Å². The van der Waals surface area contributed by atoms with E-state index < -0.39 is 0 Å². The molecule has 0 spiro atoms. The van der Waals surface area contributed by atoms with E-state index in [1.165, 1.54) is 0 Å². The van der Waals surface area contributed by atoms with E-state index in [9.17, 15) is 0 Å². The van der Waals surface area contributed by atoms with Gasteiger partial charge in [-0.15, -0.1) is 0 Å². The molecule has 0 saturated carbocycles. The Morgan fingerprint density at radius 1 is 1.67 bits per heavy atom. The van der Waals surface area contributed by atoms with Crippen molar-refractivity contribution in [2.75, 3.05) is 11.5 Å². The zero-order valence-electron chi connectivity index (χ0n) is 6.21. The van der Waals surface area contributed by atoms with Crippen LogP contribution >= 0.6 is 24.2 Å². The van der Waals surface area contributed by atoms with Crippen molar-refractivity contribution in [3.8, 4) is 11.8 Å². The van der Waals surface area contributed by atoms with Crippen molar-refractivity contribution in [1.82, 2.24) is 4.98 Å². The first-order valence-electron chi connectivity index (χ1n) is 3.25. The third kappa shape index (κ3) is 2.33. The Hall–Kier alpha value is -0.850. The average Bonchev–Trinajstić information content (AvgIpc) is 2.07. The van der Waals surface area contributed by atoms with Gasteiger partial charge in [-0.1, -0.05) is 23.4 Å². The second kappa shape index (κ2) is 4.24. The largest absolute Gasteiger partial charge is 0.396 e. The fourth-order valence-corrected chi connectivity index (χ4v) is 0.857. The van der Waals surface area contributed by atoms with E-state index in [0.29, 0.717) is 16.6 Å². The molecule has 0 bridgehead atoms. The van der Waals surface area contributed by atoms with Crippen LogP contribution in [0.3, 0.4) is 0 Å². The molecule has 0 radical (unpaired) electrons. The van der Waals surface area contributed by atoms with E-state index >= 15 is 0 Å². The minimum absolute atomic E-state index is 0.312. The van der Waals surface area contributed by atoms with Crippen molar-refractivity contribution >= 4 is 29.9 Å². The van der Waals surface area contributed by atoms with Crippen molar-refractivity contribution in [3.05, 3.63) is 23.0 Å². The molecule has 2 nitrogen and oxygen atoms in total. The SMILES string of the molecule is Nc1cc(C#CCS)cnc1Cl. The van der Waals surface area contributed by atoms with Crippen molar-refractivity contribution in [2.24, 2.45) is 0 Å². The minimum Gasteiger partial charge on any atom is -0.396 e. The van der Waals surface area contributed by atoms with Crippen LogP contribution in [-0.4, -0.2) is 10.7 Å². The minimum atomic E-state index is 0.312. The molecule has 62 valence electrons. The molecule has 0 aliphatic carbocycles. The molecule has 0 saturated heterocycles.